The Labute approximate surface area is 205 Å². The molecule has 34 heavy (non-hydrogen) atoms. The Kier molecular flexibility index (Phi) is 6.82. The third kappa shape index (κ3) is 5.25. The van der Waals surface area contributed by atoms with Crippen molar-refractivity contribution in [2.75, 3.05) is 5.32 Å². The first kappa shape index (κ1) is 22.9. The van der Waals surface area contributed by atoms with Gasteiger partial charge < -0.3 is 10.4 Å². The van der Waals surface area contributed by atoms with Crippen molar-refractivity contribution in [3.63, 3.8) is 0 Å². The van der Waals surface area contributed by atoms with Gasteiger partial charge in [-0.25, -0.2) is 9.97 Å². The van der Waals surface area contributed by atoms with Gasteiger partial charge in [0.05, 0.1) is 23.5 Å². The molecule has 2 N–H and O–H groups in total. The second kappa shape index (κ2) is 10.1. The van der Waals surface area contributed by atoms with Crippen LogP contribution in [-0.4, -0.2) is 21.0 Å². The minimum atomic E-state index is -0.100. The molecule has 0 bridgehead atoms. The Bertz CT molecular complexity index is 1190. The van der Waals surface area contributed by atoms with Crippen LogP contribution in [-0.2, 0) is 30.5 Å². The maximum Gasteiger partial charge on any atom is 0.229 e. The molecule has 3 aromatic rings. The summed E-state index contributed by atoms with van der Waals surface area (Å²) in [5.74, 6) is 1.49. The average Bonchev–Trinajstić information content (AvgIpc) is 2.84. The smallest absolute Gasteiger partial charge is 0.229 e. The van der Waals surface area contributed by atoms with Crippen LogP contribution in [0.5, 0.6) is 5.75 Å². The van der Waals surface area contributed by atoms with Crippen molar-refractivity contribution >= 4 is 23.3 Å². The molecule has 1 amide bonds. The topological polar surface area (TPSA) is 75.1 Å². The van der Waals surface area contributed by atoms with Crippen molar-refractivity contribution in [2.45, 2.75) is 64.2 Å². The Morgan fingerprint density at radius 1 is 1.03 bits per heavy atom. The van der Waals surface area contributed by atoms with Gasteiger partial charge in [0, 0.05) is 10.6 Å². The zero-order chi connectivity index (χ0) is 23.5. The van der Waals surface area contributed by atoms with Crippen LogP contribution in [0.4, 0.5) is 5.82 Å². The van der Waals surface area contributed by atoms with Gasteiger partial charge in [0.25, 0.3) is 0 Å². The number of nitrogens with zero attached hydrogens (tertiary/aromatic N) is 2. The van der Waals surface area contributed by atoms with Gasteiger partial charge in [0.15, 0.2) is 5.82 Å². The number of carbonyl (C=O) groups is 1. The van der Waals surface area contributed by atoms with E-state index in [4.69, 9.17) is 21.6 Å². The van der Waals surface area contributed by atoms with E-state index in [1.165, 1.54) is 32.1 Å². The van der Waals surface area contributed by atoms with Crippen molar-refractivity contribution in [1.29, 1.82) is 0 Å². The number of phenols is 1. The predicted octanol–water partition coefficient (Wildman–Crippen LogP) is 6.30. The fraction of sp³-hybridized carbons (Fsp3) is 0.393. The molecule has 5 rings (SSSR count). The van der Waals surface area contributed by atoms with Crippen LogP contribution in [0.3, 0.4) is 0 Å². The molecule has 2 aliphatic carbocycles. The van der Waals surface area contributed by atoms with Gasteiger partial charge in [-0.05, 0) is 73.1 Å². The fourth-order valence-corrected chi connectivity index (χ4v) is 5.35. The van der Waals surface area contributed by atoms with Crippen molar-refractivity contribution < 1.29 is 9.90 Å². The molecule has 176 valence electrons. The Morgan fingerprint density at radius 3 is 2.62 bits per heavy atom. The van der Waals surface area contributed by atoms with E-state index < -0.39 is 0 Å². The third-order valence-electron chi connectivity index (χ3n) is 7.07. The lowest BCUT2D eigenvalue weighted by Gasteiger charge is -2.23. The summed E-state index contributed by atoms with van der Waals surface area (Å²) in [6, 6.07) is 12.8. The Morgan fingerprint density at radius 2 is 1.82 bits per heavy atom. The quantitative estimate of drug-likeness (QED) is 0.439. The molecular weight excluding hydrogens is 446 g/mol. The highest BCUT2D eigenvalue weighted by atomic mass is 35.5. The number of anilines is 1. The lowest BCUT2D eigenvalue weighted by molar-refractivity contribution is -0.115. The van der Waals surface area contributed by atoms with E-state index in [1.807, 2.05) is 24.3 Å². The highest BCUT2D eigenvalue weighted by Gasteiger charge is 2.23. The molecule has 0 saturated heterocycles. The van der Waals surface area contributed by atoms with Crippen molar-refractivity contribution in [1.82, 2.24) is 9.97 Å². The maximum atomic E-state index is 12.9. The van der Waals surface area contributed by atoms with Crippen LogP contribution in [0.2, 0.25) is 5.02 Å². The van der Waals surface area contributed by atoms with Gasteiger partial charge in [-0.3, -0.25) is 4.79 Å². The summed E-state index contributed by atoms with van der Waals surface area (Å²) in [6.07, 6.45) is 10.2. The summed E-state index contributed by atoms with van der Waals surface area (Å²) in [6.45, 7) is 0. The molecule has 6 heteroatoms. The third-order valence-corrected chi connectivity index (χ3v) is 7.32. The monoisotopic (exact) mass is 475 g/mol. The number of nitrogens with one attached hydrogen (secondary N) is 1. The van der Waals surface area contributed by atoms with Crippen LogP contribution in [0.15, 0.2) is 42.5 Å². The number of hydrogen-bond donors (Lipinski definition) is 2. The molecule has 5 nitrogen and oxygen atoms in total. The van der Waals surface area contributed by atoms with Crippen LogP contribution in [0.25, 0.3) is 11.3 Å². The minimum Gasteiger partial charge on any atom is -0.508 e. The minimum absolute atomic E-state index is 0.100. The first-order valence-corrected chi connectivity index (χ1v) is 12.7. The van der Waals surface area contributed by atoms with E-state index in [-0.39, 0.29) is 18.1 Å². The van der Waals surface area contributed by atoms with Crippen molar-refractivity contribution in [3.05, 3.63) is 70.0 Å². The molecule has 1 fully saturated rings. The Hall–Kier alpha value is -2.92. The molecule has 1 heterocycles. The van der Waals surface area contributed by atoms with Gasteiger partial charge in [0.1, 0.15) is 5.75 Å². The molecule has 0 unspecified atom stereocenters. The zero-order valence-corrected chi connectivity index (χ0v) is 20.1. The lowest BCUT2D eigenvalue weighted by atomic mass is 9.85. The molecule has 0 aliphatic heterocycles. The second-order valence-electron chi connectivity index (χ2n) is 9.55. The predicted molar refractivity (Wildman–Crippen MR) is 135 cm³/mol. The van der Waals surface area contributed by atoms with Crippen LogP contribution in [0, 0.1) is 5.92 Å². The molecule has 2 aliphatic rings. The van der Waals surface area contributed by atoms with Crippen molar-refractivity contribution in [3.8, 4) is 17.0 Å². The number of fused-ring (bicyclic) bond motifs is 3. The van der Waals surface area contributed by atoms with E-state index in [9.17, 15) is 9.90 Å². The first-order chi connectivity index (χ1) is 16.5. The van der Waals surface area contributed by atoms with Crippen LogP contribution < -0.4 is 5.32 Å². The first-order valence-electron chi connectivity index (χ1n) is 12.3. The number of amides is 1. The van der Waals surface area contributed by atoms with Crippen molar-refractivity contribution in [2.24, 2.45) is 5.92 Å². The number of carbonyl (C=O) groups excluding carboxylic acids is 1. The van der Waals surface area contributed by atoms with E-state index in [0.29, 0.717) is 16.8 Å². The van der Waals surface area contributed by atoms with Crippen LogP contribution >= 0.6 is 11.6 Å². The van der Waals surface area contributed by atoms with E-state index >= 15 is 0 Å². The number of aryl methyl sites for hydroxylation is 3. The summed E-state index contributed by atoms with van der Waals surface area (Å²) >= 11 is 5.98. The zero-order valence-electron chi connectivity index (χ0n) is 19.3. The molecule has 1 aromatic heterocycles. The van der Waals surface area contributed by atoms with Gasteiger partial charge in [0.2, 0.25) is 5.91 Å². The second-order valence-corrected chi connectivity index (χ2v) is 9.99. The summed E-state index contributed by atoms with van der Waals surface area (Å²) in [5.41, 5.74) is 5.68. The normalized spacial score (nSPS) is 15.4. The number of halogens is 1. The van der Waals surface area contributed by atoms with E-state index in [2.05, 4.69) is 5.32 Å². The largest absolute Gasteiger partial charge is 0.508 e. The standard InChI is InChI=1S/C28H30ClN3O2/c29-21-10-6-19(7-11-21)16-26(34)32-28-25(14-8-18-4-2-1-3-5-18)30-27-23-13-12-22(33)17-20(23)9-15-24(27)31-28/h6-7,10-13,17-18,33H,1-5,8-9,14-16H2,(H,31,32,34). The Balaban J connectivity index is 1.42. The van der Waals surface area contributed by atoms with Gasteiger partial charge in [-0.2, -0.15) is 0 Å². The van der Waals surface area contributed by atoms with E-state index in [0.717, 1.165) is 59.5 Å². The highest BCUT2D eigenvalue weighted by molar-refractivity contribution is 6.30. The number of phenolic OH excluding ortho intramolecular Hbond substituents is 1. The summed E-state index contributed by atoms with van der Waals surface area (Å²) < 4.78 is 0. The molecular formula is C28H30ClN3O2. The summed E-state index contributed by atoms with van der Waals surface area (Å²) in [5, 5.41) is 13.6. The lowest BCUT2D eigenvalue weighted by Crippen LogP contribution is -2.20. The molecule has 0 spiro atoms. The summed E-state index contributed by atoms with van der Waals surface area (Å²) in [4.78, 5) is 22.9. The van der Waals surface area contributed by atoms with E-state index in [1.54, 1.807) is 18.2 Å². The number of hydrogen-bond acceptors (Lipinski definition) is 4. The number of aromatic nitrogens is 2. The molecule has 1 saturated carbocycles. The number of benzene rings is 2. The average molecular weight is 476 g/mol. The number of rotatable bonds is 6. The maximum absolute atomic E-state index is 12.9. The number of aromatic hydroxyl groups is 1. The van der Waals surface area contributed by atoms with Gasteiger partial charge >= 0.3 is 0 Å². The fourth-order valence-electron chi connectivity index (χ4n) is 5.22. The molecule has 0 radical (unpaired) electrons. The molecule has 0 atom stereocenters. The van der Waals surface area contributed by atoms with Gasteiger partial charge in [-0.1, -0.05) is 55.8 Å². The summed E-state index contributed by atoms with van der Waals surface area (Å²) in [7, 11) is 0. The highest BCUT2D eigenvalue weighted by Crippen LogP contribution is 2.35. The molecule has 2 aromatic carbocycles. The van der Waals surface area contributed by atoms with Gasteiger partial charge in [-0.15, -0.1) is 0 Å². The van der Waals surface area contributed by atoms with Crippen LogP contribution in [0.1, 0.15) is 61.0 Å². The SMILES string of the molecule is O=C(Cc1ccc(Cl)cc1)Nc1nc2c(nc1CCC1CCCCC1)-c1ccc(O)cc1CC2.